The van der Waals surface area contributed by atoms with Gasteiger partial charge in [0.15, 0.2) is 0 Å². The van der Waals surface area contributed by atoms with Crippen molar-refractivity contribution in [2.24, 2.45) is 11.1 Å². The fraction of sp³-hybridized carbons (Fsp3) is 0.500. The van der Waals surface area contributed by atoms with Gasteiger partial charge in [-0.2, -0.15) is 0 Å². The van der Waals surface area contributed by atoms with Crippen molar-refractivity contribution in [1.82, 2.24) is 0 Å². The number of nitrogens with two attached hydrogens (primary N) is 1. The van der Waals surface area contributed by atoms with E-state index in [0.29, 0.717) is 0 Å². The molecule has 1 rings (SSSR count). The van der Waals surface area contributed by atoms with Gasteiger partial charge in [-0.25, -0.2) is 0 Å². The Balaban J connectivity index is 2.90. The summed E-state index contributed by atoms with van der Waals surface area (Å²) in [5.74, 6) is -0.149. The highest BCUT2D eigenvalue weighted by Gasteiger charge is 2.27. The Labute approximate surface area is 117 Å². The summed E-state index contributed by atoms with van der Waals surface area (Å²) in [5.41, 5.74) is 8.65. The topological polar surface area (TPSA) is 55.1 Å². The fourth-order valence-corrected chi connectivity index (χ4v) is 1.86. The molecule has 3 N–H and O–H groups in total. The number of amides is 1. The molecule has 0 spiro atoms. The van der Waals surface area contributed by atoms with Crippen LogP contribution in [0, 0.1) is 19.3 Å². The molecule has 0 aliphatic carbocycles. The summed E-state index contributed by atoms with van der Waals surface area (Å²) in [6.45, 7) is 9.85. The van der Waals surface area contributed by atoms with Crippen LogP contribution in [0.5, 0.6) is 0 Å². The first kappa shape index (κ1) is 15.2. The normalized spacial score (nSPS) is 13.3. The molecule has 0 fully saturated rings. The van der Waals surface area contributed by atoms with Crippen LogP contribution in [-0.2, 0) is 4.79 Å². The molecule has 100 valence electrons. The van der Waals surface area contributed by atoms with Gasteiger partial charge in [-0.3, -0.25) is 4.79 Å². The summed E-state index contributed by atoms with van der Waals surface area (Å²) >= 11 is 3.50. The van der Waals surface area contributed by atoms with Crippen LogP contribution in [0.4, 0.5) is 5.69 Å². The predicted octanol–water partition coefficient (Wildman–Crippen LogP) is 3.38. The molecule has 1 aromatic carbocycles. The van der Waals surface area contributed by atoms with E-state index in [0.717, 1.165) is 21.3 Å². The lowest BCUT2D eigenvalue weighted by atomic mass is 9.87. The molecule has 1 atom stereocenters. The molecule has 4 heteroatoms. The van der Waals surface area contributed by atoms with Crippen molar-refractivity contribution in [3.63, 3.8) is 0 Å². The zero-order chi connectivity index (χ0) is 14.1. The van der Waals surface area contributed by atoms with Gasteiger partial charge in [-0.05, 0) is 42.5 Å². The van der Waals surface area contributed by atoms with Crippen LogP contribution >= 0.6 is 15.9 Å². The van der Waals surface area contributed by atoms with Crippen LogP contribution in [0.25, 0.3) is 0 Å². The molecule has 1 amide bonds. The maximum Gasteiger partial charge on any atom is 0.241 e. The lowest BCUT2D eigenvalue weighted by molar-refractivity contribution is -0.119. The summed E-state index contributed by atoms with van der Waals surface area (Å²) in [6.07, 6.45) is 0. The molecule has 0 bridgehead atoms. The smallest absolute Gasteiger partial charge is 0.241 e. The SMILES string of the molecule is Cc1cc(NC(=O)[C@@H](N)C(C)(C)C)cc(C)c1Br. The third-order valence-electron chi connectivity index (χ3n) is 2.92. The number of aryl methyl sites for hydroxylation is 2. The number of carbonyl (C=O) groups is 1. The van der Waals surface area contributed by atoms with Crippen LogP contribution in [-0.4, -0.2) is 11.9 Å². The van der Waals surface area contributed by atoms with Crippen LogP contribution in [0.2, 0.25) is 0 Å². The molecule has 0 heterocycles. The van der Waals surface area contributed by atoms with Crippen molar-refractivity contribution < 1.29 is 4.79 Å². The Bertz CT molecular complexity index is 440. The first-order valence-corrected chi connectivity index (χ1v) is 6.75. The van der Waals surface area contributed by atoms with Crippen LogP contribution in [0.1, 0.15) is 31.9 Å². The average molecular weight is 313 g/mol. The molecule has 18 heavy (non-hydrogen) atoms. The molecule has 0 unspecified atom stereocenters. The molecule has 0 aromatic heterocycles. The van der Waals surface area contributed by atoms with Gasteiger partial charge in [0.25, 0.3) is 0 Å². The predicted molar refractivity (Wildman–Crippen MR) is 79.7 cm³/mol. The third kappa shape index (κ3) is 3.56. The monoisotopic (exact) mass is 312 g/mol. The van der Waals surface area contributed by atoms with Crippen molar-refractivity contribution in [1.29, 1.82) is 0 Å². The van der Waals surface area contributed by atoms with Gasteiger partial charge in [0.05, 0.1) is 6.04 Å². The maximum atomic E-state index is 12.0. The van der Waals surface area contributed by atoms with Crippen LogP contribution in [0.3, 0.4) is 0 Å². The number of carbonyl (C=O) groups excluding carboxylic acids is 1. The highest BCUT2D eigenvalue weighted by molar-refractivity contribution is 9.10. The van der Waals surface area contributed by atoms with E-state index in [1.54, 1.807) is 0 Å². The number of hydrogen-bond acceptors (Lipinski definition) is 2. The largest absolute Gasteiger partial charge is 0.325 e. The number of halogens is 1. The number of hydrogen-bond donors (Lipinski definition) is 2. The standard InChI is InChI=1S/C14H21BrN2O/c1-8-6-10(7-9(2)11(8)15)17-13(18)12(16)14(3,4)5/h6-7,12H,16H2,1-5H3,(H,17,18)/t12-/m1/s1. The van der Waals surface area contributed by atoms with Gasteiger partial charge in [0, 0.05) is 10.2 Å². The zero-order valence-electron chi connectivity index (χ0n) is 11.6. The minimum Gasteiger partial charge on any atom is -0.325 e. The summed E-state index contributed by atoms with van der Waals surface area (Å²) in [5, 5.41) is 2.87. The second-order valence-corrected chi connectivity index (χ2v) is 6.55. The molecule has 0 aliphatic rings. The Hall–Kier alpha value is -0.870. The van der Waals surface area contributed by atoms with Gasteiger partial charge in [-0.15, -0.1) is 0 Å². The Morgan fingerprint density at radius 1 is 1.28 bits per heavy atom. The highest BCUT2D eigenvalue weighted by Crippen LogP contribution is 2.26. The van der Waals surface area contributed by atoms with Gasteiger partial charge < -0.3 is 11.1 Å². The molecule has 0 aliphatic heterocycles. The highest BCUT2D eigenvalue weighted by atomic mass is 79.9. The van der Waals surface area contributed by atoms with Gasteiger partial charge in [0.2, 0.25) is 5.91 Å². The third-order valence-corrected chi connectivity index (χ3v) is 4.17. The summed E-state index contributed by atoms with van der Waals surface area (Å²) in [4.78, 5) is 12.0. The van der Waals surface area contributed by atoms with E-state index in [1.165, 1.54) is 0 Å². The van der Waals surface area contributed by atoms with Crippen molar-refractivity contribution in [3.05, 3.63) is 27.7 Å². The maximum absolute atomic E-state index is 12.0. The molecule has 0 saturated carbocycles. The quantitative estimate of drug-likeness (QED) is 0.879. The molecular weight excluding hydrogens is 292 g/mol. The summed E-state index contributed by atoms with van der Waals surface area (Å²) in [6, 6.07) is 3.34. The van der Waals surface area contributed by atoms with Gasteiger partial charge in [0.1, 0.15) is 0 Å². The molecule has 0 saturated heterocycles. The average Bonchev–Trinajstić information content (AvgIpc) is 2.23. The molecular formula is C14H21BrN2O. The Morgan fingerprint density at radius 2 is 1.72 bits per heavy atom. The van der Waals surface area contributed by atoms with Gasteiger partial charge in [-0.1, -0.05) is 36.7 Å². The van der Waals surface area contributed by atoms with E-state index in [1.807, 2.05) is 46.8 Å². The van der Waals surface area contributed by atoms with Crippen molar-refractivity contribution in [2.45, 2.75) is 40.7 Å². The second kappa shape index (κ2) is 5.41. The zero-order valence-corrected chi connectivity index (χ0v) is 13.2. The Kier molecular flexibility index (Phi) is 4.56. The van der Waals surface area contributed by atoms with E-state index < -0.39 is 6.04 Å². The minimum absolute atomic E-state index is 0.149. The molecule has 0 radical (unpaired) electrons. The molecule has 1 aromatic rings. The molecule has 3 nitrogen and oxygen atoms in total. The second-order valence-electron chi connectivity index (χ2n) is 5.76. The summed E-state index contributed by atoms with van der Waals surface area (Å²) in [7, 11) is 0. The lowest BCUT2D eigenvalue weighted by Crippen LogP contribution is -2.45. The van der Waals surface area contributed by atoms with E-state index >= 15 is 0 Å². The first-order chi connectivity index (χ1) is 8.12. The van der Waals surface area contributed by atoms with Crippen LogP contribution < -0.4 is 11.1 Å². The number of benzene rings is 1. The summed E-state index contributed by atoms with van der Waals surface area (Å²) < 4.78 is 1.07. The number of rotatable bonds is 2. The lowest BCUT2D eigenvalue weighted by Gasteiger charge is -2.26. The number of nitrogens with one attached hydrogen (secondary N) is 1. The van der Waals surface area contributed by atoms with Crippen molar-refractivity contribution in [2.75, 3.05) is 5.32 Å². The van der Waals surface area contributed by atoms with Crippen molar-refractivity contribution >= 4 is 27.5 Å². The van der Waals surface area contributed by atoms with Crippen molar-refractivity contribution in [3.8, 4) is 0 Å². The first-order valence-electron chi connectivity index (χ1n) is 5.96. The Morgan fingerprint density at radius 3 is 2.11 bits per heavy atom. The number of anilines is 1. The van der Waals surface area contributed by atoms with Gasteiger partial charge >= 0.3 is 0 Å². The van der Waals surface area contributed by atoms with E-state index in [-0.39, 0.29) is 11.3 Å². The van der Waals surface area contributed by atoms with E-state index in [9.17, 15) is 4.79 Å². The van der Waals surface area contributed by atoms with E-state index in [4.69, 9.17) is 5.73 Å². The fourth-order valence-electron chi connectivity index (χ4n) is 1.63. The minimum atomic E-state index is -0.526. The van der Waals surface area contributed by atoms with Crippen LogP contribution in [0.15, 0.2) is 16.6 Å². The van der Waals surface area contributed by atoms with E-state index in [2.05, 4.69) is 21.2 Å².